The third-order valence-corrected chi connectivity index (χ3v) is 8.14. The van der Waals surface area contributed by atoms with Crippen LogP contribution < -0.4 is 4.74 Å². The number of terminal acetylenes is 1. The van der Waals surface area contributed by atoms with E-state index in [2.05, 4.69) is 5.92 Å². The van der Waals surface area contributed by atoms with Gasteiger partial charge in [-0.25, -0.2) is 14.2 Å². The Morgan fingerprint density at radius 1 is 1.05 bits per heavy atom. The molecule has 3 atom stereocenters. The van der Waals surface area contributed by atoms with Crippen molar-refractivity contribution in [3.8, 4) is 40.5 Å². The van der Waals surface area contributed by atoms with E-state index in [-0.39, 0.29) is 11.7 Å². The molecule has 4 aromatic rings. The highest BCUT2D eigenvalue weighted by Gasteiger charge is 2.63. The predicted molar refractivity (Wildman–Crippen MR) is 150 cm³/mol. The molecule has 0 saturated heterocycles. The number of ether oxygens (including phenoxy) is 1. The quantitative estimate of drug-likeness (QED) is 0.148. The summed E-state index contributed by atoms with van der Waals surface area (Å²) in [7, 11) is -1.71. The maximum atomic E-state index is 13.9. The first-order chi connectivity index (χ1) is 18.6. The molecule has 6 nitrogen and oxygen atoms in total. The van der Waals surface area contributed by atoms with E-state index < -0.39 is 31.1 Å². The Morgan fingerprint density at radius 2 is 1.72 bits per heavy atom. The number of fused-ring (bicyclic) bond motifs is 1. The number of aliphatic hydroxyl groups excluding tert-OH is 1. The minimum atomic E-state index is -2.84. The van der Waals surface area contributed by atoms with Gasteiger partial charge < -0.3 is 9.84 Å². The summed E-state index contributed by atoms with van der Waals surface area (Å²) >= 11 is 0. The molecule has 8 heteroatoms. The van der Waals surface area contributed by atoms with Crippen molar-refractivity contribution in [3.63, 3.8) is 0 Å². The number of hydrogen-bond donors (Lipinski definition) is 1. The summed E-state index contributed by atoms with van der Waals surface area (Å²) in [6.07, 6.45) is 4.08. The van der Waals surface area contributed by atoms with Crippen molar-refractivity contribution in [3.05, 3.63) is 84.3 Å². The fourth-order valence-corrected chi connectivity index (χ4v) is 5.32. The summed E-state index contributed by atoms with van der Waals surface area (Å²) in [5.41, 5.74) is 2.92. The van der Waals surface area contributed by atoms with Gasteiger partial charge in [-0.15, -0.1) is 10.9 Å². The van der Waals surface area contributed by atoms with Gasteiger partial charge in [0, 0.05) is 11.1 Å². The fraction of sp³-hybridized carbons (Fsp3) is 0.226. The molecule has 0 amide bonds. The van der Waals surface area contributed by atoms with Gasteiger partial charge in [-0.2, -0.15) is 0 Å². The van der Waals surface area contributed by atoms with Crippen LogP contribution in [0.3, 0.4) is 0 Å². The summed E-state index contributed by atoms with van der Waals surface area (Å²) in [6, 6.07) is 21.3. The van der Waals surface area contributed by atoms with Crippen LogP contribution in [-0.2, 0) is 13.9 Å². The van der Waals surface area contributed by atoms with Gasteiger partial charge in [-0.1, -0.05) is 68.4 Å². The second-order valence-electron chi connectivity index (χ2n) is 9.37. The standard InChI is InChI=1S/C31H28FNO5P/c1-6-31(20(4)34,39(36)37-5)30(35)38-29-26(22-14-16-23(32)17-15-22)18-27(33-28(29)19(2)3)25-13-9-11-21-10-7-8-12-24(21)25/h1,7-20,34H,2-5H3/q+1. The van der Waals surface area contributed by atoms with Crippen LogP contribution in [-0.4, -0.2) is 34.4 Å². The van der Waals surface area contributed by atoms with Gasteiger partial charge in [-0.3, -0.25) is 0 Å². The Labute approximate surface area is 227 Å². The van der Waals surface area contributed by atoms with Gasteiger partial charge in [0.05, 0.1) is 18.5 Å². The molecule has 1 N–H and O–H groups in total. The van der Waals surface area contributed by atoms with Crippen LogP contribution in [0.1, 0.15) is 32.4 Å². The maximum absolute atomic E-state index is 13.9. The largest absolute Gasteiger partial charge is 0.542 e. The van der Waals surface area contributed by atoms with Crippen LogP contribution in [0, 0.1) is 18.2 Å². The molecular weight excluding hydrogens is 516 g/mol. The highest BCUT2D eigenvalue weighted by Crippen LogP contribution is 2.45. The van der Waals surface area contributed by atoms with E-state index in [4.69, 9.17) is 20.7 Å². The molecule has 4 rings (SSSR count). The van der Waals surface area contributed by atoms with Gasteiger partial charge in [-0.05, 0) is 57.9 Å². The molecule has 0 spiro atoms. The lowest BCUT2D eigenvalue weighted by molar-refractivity contribution is -0.138. The Hall–Kier alpha value is -3.95. The number of nitrogens with zero attached hydrogens (tertiary/aromatic N) is 1. The van der Waals surface area contributed by atoms with E-state index in [1.165, 1.54) is 19.1 Å². The summed E-state index contributed by atoms with van der Waals surface area (Å²) in [5, 5.41) is 10.2. The predicted octanol–water partition coefficient (Wildman–Crippen LogP) is 6.88. The summed E-state index contributed by atoms with van der Waals surface area (Å²) < 4.78 is 37.4. The van der Waals surface area contributed by atoms with Crippen molar-refractivity contribution < 1.29 is 28.1 Å². The summed E-state index contributed by atoms with van der Waals surface area (Å²) in [6.45, 7) is 5.03. The number of rotatable bonds is 8. The van der Waals surface area contributed by atoms with Crippen LogP contribution in [0.2, 0.25) is 0 Å². The lowest BCUT2D eigenvalue weighted by atomic mass is 9.95. The lowest BCUT2D eigenvalue weighted by Gasteiger charge is -2.22. The molecule has 0 radical (unpaired) electrons. The van der Waals surface area contributed by atoms with Crippen LogP contribution in [0.25, 0.3) is 33.2 Å². The minimum absolute atomic E-state index is 0.0744. The van der Waals surface area contributed by atoms with Gasteiger partial charge in [0.25, 0.3) is 0 Å². The smallest absolute Gasteiger partial charge is 0.419 e. The zero-order valence-corrected chi connectivity index (χ0v) is 22.9. The second-order valence-corrected chi connectivity index (χ2v) is 11.0. The first kappa shape index (κ1) is 28.1. The summed E-state index contributed by atoms with van der Waals surface area (Å²) in [5.74, 6) is 0.452. The number of benzene rings is 3. The molecule has 1 aromatic heterocycles. The van der Waals surface area contributed by atoms with Crippen molar-refractivity contribution in [1.29, 1.82) is 0 Å². The number of carbonyl (C=O) groups is 1. The molecule has 0 saturated carbocycles. The van der Waals surface area contributed by atoms with E-state index in [0.29, 0.717) is 22.5 Å². The number of aromatic nitrogens is 1. The Balaban J connectivity index is 2.00. The SMILES string of the molecule is C#CC(C(=O)Oc1c(-c2ccc(F)cc2)cc(-c2cccc3ccccc23)nc1C(C)C)(C(C)O)[P+](=O)OC. The zero-order valence-electron chi connectivity index (χ0n) is 22.0. The average Bonchev–Trinajstić information content (AvgIpc) is 2.93. The Morgan fingerprint density at radius 3 is 2.33 bits per heavy atom. The zero-order chi connectivity index (χ0) is 28.3. The van der Waals surface area contributed by atoms with Crippen molar-refractivity contribution >= 4 is 24.8 Å². The number of hydrogen-bond acceptors (Lipinski definition) is 6. The summed E-state index contributed by atoms with van der Waals surface area (Å²) in [4.78, 5) is 18.5. The highest BCUT2D eigenvalue weighted by molar-refractivity contribution is 7.43. The molecular formula is C31H28FNO5P+. The van der Waals surface area contributed by atoms with Crippen LogP contribution >= 0.6 is 8.03 Å². The maximum Gasteiger partial charge on any atom is 0.542 e. The molecule has 0 aliphatic rings. The van der Waals surface area contributed by atoms with Gasteiger partial charge in [0.1, 0.15) is 11.9 Å². The molecule has 1 heterocycles. The number of pyridine rings is 1. The van der Waals surface area contributed by atoms with Crippen molar-refractivity contribution in [1.82, 2.24) is 4.98 Å². The fourth-order valence-electron chi connectivity index (χ4n) is 4.43. The molecule has 3 aromatic carbocycles. The monoisotopic (exact) mass is 544 g/mol. The molecule has 0 aliphatic heterocycles. The number of aliphatic hydroxyl groups is 1. The molecule has 0 bridgehead atoms. The third kappa shape index (κ3) is 5.20. The number of esters is 1. The molecule has 0 aliphatic carbocycles. The normalized spacial score (nSPS) is 13.9. The number of carbonyl (C=O) groups excluding carboxylic acids is 1. The molecule has 198 valence electrons. The van der Waals surface area contributed by atoms with Crippen molar-refractivity contribution in [2.75, 3.05) is 7.11 Å². The van der Waals surface area contributed by atoms with E-state index in [1.807, 2.05) is 56.3 Å². The second kappa shape index (κ2) is 11.4. The van der Waals surface area contributed by atoms with Gasteiger partial charge in [0.2, 0.25) is 0 Å². The minimum Gasteiger partial charge on any atom is -0.419 e. The van der Waals surface area contributed by atoms with Gasteiger partial charge >= 0.3 is 19.2 Å². The molecule has 0 fully saturated rings. The Kier molecular flexibility index (Phi) is 8.22. The topological polar surface area (TPSA) is 85.7 Å². The molecule has 3 unspecified atom stereocenters. The van der Waals surface area contributed by atoms with Crippen LogP contribution in [0.5, 0.6) is 5.75 Å². The lowest BCUT2D eigenvalue weighted by Crippen LogP contribution is -2.46. The van der Waals surface area contributed by atoms with Crippen LogP contribution in [0.4, 0.5) is 4.39 Å². The van der Waals surface area contributed by atoms with E-state index >= 15 is 0 Å². The third-order valence-electron chi connectivity index (χ3n) is 6.55. The van der Waals surface area contributed by atoms with Crippen LogP contribution in [0.15, 0.2) is 72.8 Å². The van der Waals surface area contributed by atoms with E-state index in [1.54, 1.807) is 18.2 Å². The first-order valence-electron chi connectivity index (χ1n) is 12.3. The highest BCUT2D eigenvalue weighted by atomic mass is 31.1. The average molecular weight is 545 g/mol. The van der Waals surface area contributed by atoms with Crippen molar-refractivity contribution in [2.24, 2.45) is 0 Å². The van der Waals surface area contributed by atoms with Gasteiger partial charge in [0.15, 0.2) is 5.75 Å². The first-order valence-corrected chi connectivity index (χ1v) is 13.5. The van der Waals surface area contributed by atoms with Crippen molar-refractivity contribution in [2.45, 2.75) is 37.9 Å². The number of halogens is 1. The van der Waals surface area contributed by atoms with E-state index in [0.717, 1.165) is 23.4 Å². The molecule has 39 heavy (non-hydrogen) atoms. The Bertz CT molecular complexity index is 1590. The van der Waals surface area contributed by atoms with E-state index in [9.17, 15) is 18.9 Å².